The number of halogens is 1. The normalized spacial score (nSPS) is 11.3. The third-order valence-electron chi connectivity index (χ3n) is 4.16. The average molecular weight is 418 g/mol. The summed E-state index contributed by atoms with van der Waals surface area (Å²) in [4.78, 5) is 24.5. The van der Waals surface area contributed by atoms with E-state index in [-0.39, 0.29) is 11.8 Å². The number of hydrazone groups is 1. The van der Waals surface area contributed by atoms with Crippen LogP contribution in [-0.4, -0.2) is 17.5 Å². The van der Waals surface area contributed by atoms with Crippen LogP contribution in [0.5, 0.6) is 0 Å². The van der Waals surface area contributed by atoms with Gasteiger partial charge in [-0.3, -0.25) is 9.59 Å². The molecule has 0 unspecified atom stereocenters. The Hall–Kier alpha value is -3.70. The van der Waals surface area contributed by atoms with Crippen molar-refractivity contribution in [3.05, 3.63) is 107 Å². The molecule has 0 fully saturated rings. The molecule has 0 aliphatic carbocycles. The lowest BCUT2D eigenvalue weighted by atomic mass is 10.1. The molecule has 0 saturated heterocycles. The highest BCUT2D eigenvalue weighted by Crippen LogP contribution is 2.14. The number of benzene rings is 3. The summed E-state index contributed by atoms with van der Waals surface area (Å²) in [6.45, 7) is 1.80. The molecule has 0 aliphatic rings. The summed E-state index contributed by atoms with van der Waals surface area (Å²) in [6, 6.07) is 23.0. The van der Waals surface area contributed by atoms with Crippen molar-refractivity contribution >= 4 is 40.9 Å². The van der Waals surface area contributed by atoms with E-state index in [0.717, 1.165) is 5.56 Å². The van der Waals surface area contributed by atoms with E-state index in [0.29, 0.717) is 27.5 Å². The second-order valence-corrected chi connectivity index (χ2v) is 6.91. The molecule has 150 valence electrons. The van der Waals surface area contributed by atoms with Crippen LogP contribution >= 0.6 is 11.6 Å². The Morgan fingerprint density at radius 3 is 2.10 bits per heavy atom. The summed E-state index contributed by atoms with van der Waals surface area (Å²) >= 11 is 5.83. The first-order valence-electron chi connectivity index (χ1n) is 9.26. The summed E-state index contributed by atoms with van der Waals surface area (Å²) in [5.74, 6) is -0.590. The van der Waals surface area contributed by atoms with Gasteiger partial charge in [-0.1, -0.05) is 48.0 Å². The maximum atomic E-state index is 12.3. The van der Waals surface area contributed by atoms with Crippen LogP contribution in [0.25, 0.3) is 6.08 Å². The topological polar surface area (TPSA) is 70.6 Å². The van der Waals surface area contributed by atoms with E-state index >= 15 is 0 Å². The first-order valence-corrected chi connectivity index (χ1v) is 9.64. The Labute approximate surface area is 180 Å². The van der Waals surface area contributed by atoms with Crippen molar-refractivity contribution in [2.75, 3.05) is 5.32 Å². The Balaban J connectivity index is 1.56. The van der Waals surface area contributed by atoms with Gasteiger partial charge in [0.1, 0.15) is 0 Å². The fraction of sp³-hybridized carbons (Fsp3) is 0.0417. The second kappa shape index (κ2) is 10.2. The van der Waals surface area contributed by atoms with Crippen molar-refractivity contribution < 1.29 is 9.59 Å². The Morgan fingerprint density at radius 2 is 1.43 bits per heavy atom. The first-order chi connectivity index (χ1) is 14.5. The Morgan fingerprint density at radius 1 is 0.833 bits per heavy atom. The minimum absolute atomic E-state index is 0.255. The standard InChI is InChI=1S/C24H20ClN3O2/c1-17(7-8-18-5-3-2-4-6-18)27-28-24(30)20-11-15-22(16-12-20)26-23(29)19-9-13-21(25)14-10-19/h2-16H,1H3,(H,26,29)(H,28,30)/b8-7+,27-17+. The predicted molar refractivity (Wildman–Crippen MR) is 122 cm³/mol. The molecular formula is C24H20ClN3O2. The van der Waals surface area contributed by atoms with E-state index < -0.39 is 0 Å². The molecule has 30 heavy (non-hydrogen) atoms. The summed E-state index contributed by atoms with van der Waals surface area (Å²) in [5, 5.41) is 7.42. The number of carbonyl (C=O) groups excluding carboxylic acids is 2. The van der Waals surface area contributed by atoms with Gasteiger partial charge in [-0.05, 0) is 67.1 Å². The van der Waals surface area contributed by atoms with Crippen LogP contribution in [0.15, 0.2) is 90.0 Å². The Kier molecular flexibility index (Phi) is 7.14. The van der Waals surface area contributed by atoms with E-state index in [1.165, 1.54) is 0 Å². The van der Waals surface area contributed by atoms with Crippen molar-refractivity contribution in [3.63, 3.8) is 0 Å². The van der Waals surface area contributed by atoms with Crippen LogP contribution < -0.4 is 10.7 Å². The fourth-order valence-corrected chi connectivity index (χ4v) is 2.66. The molecule has 5 nitrogen and oxygen atoms in total. The van der Waals surface area contributed by atoms with Gasteiger partial charge in [-0.15, -0.1) is 0 Å². The molecule has 3 aromatic rings. The van der Waals surface area contributed by atoms with Crippen molar-refractivity contribution in [2.24, 2.45) is 5.10 Å². The molecule has 2 N–H and O–H groups in total. The van der Waals surface area contributed by atoms with E-state index in [1.807, 2.05) is 42.5 Å². The lowest BCUT2D eigenvalue weighted by Crippen LogP contribution is -2.18. The van der Waals surface area contributed by atoms with Gasteiger partial charge in [0.2, 0.25) is 0 Å². The predicted octanol–water partition coefficient (Wildman–Crippen LogP) is 5.41. The number of allylic oxidation sites excluding steroid dienone is 1. The van der Waals surface area contributed by atoms with Crippen LogP contribution in [0.1, 0.15) is 33.2 Å². The molecule has 0 heterocycles. The number of rotatable bonds is 6. The van der Waals surface area contributed by atoms with Gasteiger partial charge < -0.3 is 5.32 Å². The molecule has 0 radical (unpaired) electrons. The molecule has 3 aromatic carbocycles. The van der Waals surface area contributed by atoms with Crippen LogP contribution in [-0.2, 0) is 0 Å². The molecular weight excluding hydrogens is 398 g/mol. The maximum absolute atomic E-state index is 12.3. The van der Waals surface area contributed by atoms with Crippen LogP contribution in [0.3, 0.4) is 0 Å². The molecule has 0 aromatic heterocycles. The number of amides is 2. The lowest BCUT2D eigenvalue weighted by molar-refractivity contribution is 0.0954. The minimum atomic E-state index is -0.335. The highest BCUT2D eigenvalue weighted by molar-refractivity contribution is 6.30. The zero-order chi connectivity index (χ0) is 21.3. The molecule has 0 bridgehead atoms. The van der Waals surface area contributed by atoms with Gasteiger partial charge in [0.15, 0.2) is 0 Å². The van der Waals surface area contributed by atoms with E-state index in [9.17, 15) is 9.59 Å². The van der Waals surface area contributed by atoms with Crippen molar-refractivity contribution in [3.8, 4) is 0 Å². The van der Waals surface area contributed by atoms with E-state index in [4.69, 9.17) is 11.6 Å². The highest BCUT2D eigenvalue weighted by atomic mass is 35.5. The van der Waals surface area contributed by atoms with Crippen molar-refractivity contribution in [2.45, 2.75) is 6.92 Å². The molecule has 0 saturated carbocycles. The van der Waals surface area contributed by atoms with Crippen LogP contribution in [0.4, 0.5) is 5.69 Å². The van der Waals surface area contributed by atoms with Crippen LogP contribution in [0, 0.1) is 0 Å². The first kappa shape index (κ1) is 21.0. The number of carbonyl (C=O) groups is 2. The zero-order valence-electron chi connectivity index (χ0n) is 16.3. The smallest absolute Gasteiger partial charge is 0.271 e. The number of hydrogen-bond donors (Lipinski definition) is 2. The van der Waals surface area contributed by atoms with Gasteiger partial charge in [-0.25, -0.2) is 5.43 Å². The molecule has 2 amide bonds. The van der Waals surface area contributed by atoms with E-state index in [1.54, 1.807) is 55.5 Å². The van der Waals surface area contributed by atoms with Gasteiger partial charge in [0.25, 0.3) is 11.8 Å². The zero-order valence-corrected chi connectivity index (χ0v) is 17.1. The third kappa shape index (κ3) is 6.15. The number of anilines is 1. The van der Waals surface area contributed by atoms with Gasteiger partial charge in [0.05, 0.1) is 5.71 Å². The quantitative estimate of drug-likeness (QED) is 0.415. The SMILES string of the molecule is CC(/C=C/c1ccccc1)=N\NC(=O)c1ccc(NC(=O)c2ccc(Cl)cc2)cc1. The van der Waals surface area contributed by atoms with Gasteiger partial charge in [0, 0.05) is 21.8 Å². The fourth-order valence-electron chi connectivity index (χ4n) is 2.53. The molecule has 0 aliphatic heterocycles. The Bertz CT molecular complexity index is 1070. The number of nitrogens with zero attached hydrogens (tertiary/aromatic N) is 1. The third-order valence-corrected chi connectivity index (χ3v) is 4.41. The molecule has 0 spiro atoms. The van der Waals surface area contributed by atoms with Gasteiger partial charge >= 0.3 is 0 Å². The summed E-state index contributed by atoms with van der Waals surface area (Å²) in [7, 11) is 0. The second-order valence-electron chi connectivity index (χ2n) is 6.48. The van der Waals surface area contributed by atoms with Crippen molar-refractivity contribution in [1.29, 1.82) is 0 Å². The average Bonchev–Trinajstić information content (AvgIpc) is 2.77. The lowest BCUT2D eigenvalue weighted by Gasteiger charge is -2.06. The monoisotopic (exact) mass is 417 g/mol. The number of nitrogens with one attached hydrogen (secondary N) is 2. The molecule has 6 heteroatoms. The molecule has 0 atom stereocenters. The minimum Gasteiger partial charge on any atom is -0.322 e. The molecule has 3 rings (SSSR count). The summed E-state index contributed by atoms with van der Waals surface area (Å²) in [6.07, 6.45) is 3.74. The van der Waals surface area contributed by atoms with Gasteiger partial charge in [-0.2, -0.15) is 5.10 Å². The van der Waals surface area contributed by atoms with Crippen molar-refractivity contribution in [1.82, 2.24) is 5.43 Å². The largest absolute Gasteiger partial charge is 0.322 e. The van der Waals surface area contributed by atoms with E-state index in [2.05, 4.69) is 15.8 Å². The van der Waals surface area contributed by atoms with Crippen LogP contribution in [0.2, 0.25) is 5.02 Å². The number of hydrogen-bond acceptors (Lipinski definition) is 3. The summed E-state index contributed by atoms with van der Waals surface area (Å²) < 4.78 is 0. The maximum Gasteiger partial charge on any atom is 0.271 e. The summed E-state index contributed by atoms with van der Waals surface area (Å²) in [5.41, 5.74) is 5.75. The highest BCUT2D eigenvalue weighted by Gasteiger charge is 2.08.